The monoisotopic (exact) mass is 392 g/mol. The quantitative estimate of drug-likeness (QED) is 0.551. The van der Waals surface area contributed by atoms with E-state index in [0.29, 0.717) is 17.7 Å². The van der Waals surface area contributed by atoms with Crippen molar-refractivity contribution in [3.05, 3.63) is 70.6 Å². The summed E-state index contributed by atoms with van der Waals surface area (Å²) in [7, 11) is 0. The lowest BCUT2D eigenvalue weighted by Crippen LogP contribution is -2.15. The number of fused-ring (bicyclic) bond motifs is 2. The molecular formula is C24H28N2O3. The maximum Gasteiger partial charge on any atom is 0.159 e. The highest BCUT2D eigenvalue weighted by Gasteiger charge is 2.24. The number of aliphatic hydroxyl groups excluding tert-OH is 1. The van der Waals surface area contributed by atoms with Crippen molar-refractivity contribution in [3.63, 3.8) is 0 Å². The average molecular weight is 392 g/mol. The second-order valence-corrected chi connectivity index (χ2v) is 7.35. The summed E-state index contributed by atoms with van der Waals surface area (Å²) < 4.78 is 5.24. The third kappa shape index (κ3) is 4.10. The van der Waals surface area contributed by atoms with E-state index >= 15 is 0 Å². The minimum absolute atomic E-state index is 0.0698. The summed E-state index contributed by atoms with van der Waals surface area (Å²) in [5.41, 5.74) is 7.26. The van der Waals surface area contributed by atoms with E-state index in [4.69, 9.17) is 9.72 Å². The molecule has 1 aromatic heterocycles. The Hall–Kier alpha value is -2.92. The molecule has 1 aliphatic rings. The van der Waals surface area contributed by atoms with Crippen LogP contribution in [0.4, 0.5) is 0 Å². The fourth-order valence-corrected chi connectivity index (χ4v) is 3.83. The van der Waals surface area contributed by atoms with E-state index in [2.05, 4.69) is 37.9 Å². The molecule has 1 unspecified atom stereocenters. The van der Waals surface area contributed by atoms with E-state index in [9.17, 15) is 9.90 Å². The second-order valence-electron chi connectivity index (χ2n) is 7.35. The van der Waals surface area contributed by atoms with Crippen molar-refractivity contribution in [1.82, 2.24) is 10.3 Å². The first-order valence-corrected chi connectivity index (χ1v) is 9.89. The minimum Gasteiger partial charge on any atom is -0.497 e. The number of Topliss-reactive ketones (excluding diaryl/α,β-unsaturated/α-hetero) is 1. The number of aromatic nitrogens is 1. The van der Waals surface area contributed by atoms with Crippen LogP contribution in [0.2, 0.25) is 0 Å². The van der Waals surface area contributed by atoms with Crippen molar-refractivity contribution < 1.29 is 14.6 Å². The highest BCUT2D eigenvalue weighted by atomic mass is 16.5. The van der Waals surface area contributed by atoms with Gasteiger partial charge in [0.05, 0.1) is 29.3 Å². The van der Waals surface area contributed by atoms with Crippen LogP contribution in [0.5, 0.6) is 0 Å². The normalized spacial score (nSPS) is 16.2. The summed E-state index contributed by atoms with van der Waals surface area (Å²) in [5.74, 6) is -0.144. The summed E-state index contributed by atoms with van der Waals surface area (Å²) in [5, 5.41) is 14.9. The SMILES string of the molecule is C=COC/C(C(C)=O)=C(/C=C1\NCc2c1nc1ccc(C)cc1c2CC)C(C)O. The Bertz CT molecular complexity index is 1030. The van der Waals surface area contributed by atoms with Gasteiger partial charge in [-0.25, -0.2) is 4.98 Å². The third-order valence-corrected chi connectivity index (χ3v) is 5.29. The van der Waals surface area contributed by atoms with Gasteiger partial charge < -0.3 is 15.2 Å². The first kappa shape index (κ1) is 20.8. The van der Waals surface area contributed by atoms with Crippen LogP contribution in [0.1, 0.15) is 43.2 Å². The number of hydrogen-bond acceptors (Lipinski definition) is 5. The Morgan fingerprint density at radius 2 is 2.21 bits per heavy atom. The van der Waals surface area contributed by atoms with Crippen LogP contribution in [-0.4, -0.2) is 28.6 Å². The molecule has 1 aliphatic heterocycles. The van der Waals surface area contributed by atoms with Gasteiger partial charge in [0.25, 0.3) is 0 Å². The van der Waals surface area contributed by atoms with E-state index in [-0.39, 0.29) is 12.4 Å². The summed E-state index contributed by atoms with van der Waals surface area (Å²) >= 11 is 0. The van der Waals surface area contributed by atoms with E-state index in [1.54, 1.807) is 6.92 Å². The Labute approximate surface area is 171 Å². The predicted molar refractivity (Wildman–Crippen MR) is 116 cm³/mol. The molecule has 0 aliphatic carbocycles. The Balaban J connectivity index is 2.19. The molecule has 5 nitrogen and oxygen atoms in total. The van der Waals surface area contributed by atoms with Crippen molar-refractivity contribution in [2.45, 2.75) is 46.8 Å². The zero-order valence-corrected chi connectivity index (χ0v) is 17.5. The number of nitrogens with zero attached hydrogens (tertiary/aromatic N) is 1. The summed E-state index contributed by atoms with van der Waals surface area (Å²) in [6.45, 7) is 11.6. The fraction of sp³-hybridized carbons (Fsp3) is 0.333. The van der Waals surface area contributed by atoms with Crippen LogP contribution in [-0.2, 0) is 22.5 Å². The summed E-state index contributed by atoms with van der Waals surface area (Å²) in [6.07, 6.45) is 3.20. The van der Waals surface area contributed by atoms with Gasteiger partial charge in [-0.1, -0.05) is 25.1 Å². The molecule has 2 aromatic rings. The van der Waals surface area contributed by atoms with Crippen molar-refractivity contribution >= 4 is 22.4 Å². The van der Waals surface area contributed by atoms with E-state index in [1.165, 1.54) is 35.3 Å². The molecule has 0 bridgehead atoms. The van der Waals surface area contributed by atoms with E-state index < -0.39 is 6.10 Å². The topological polar surface area (TPSA) is 71.5 Å². The molecule has 5 heteroatoms. The predicted octanol–water partition coefficient (Wildman–Crippen LogP) is 3.98. The first-order valence-electron chi connectivity index (χ1n) is 9.89. The molecule has 0 amide bonds. The molecule has 2 heterocycles. The molecular weight excluding hydrogens is 364 g/mol. The molecule has 3 rings (SSSR count). The van der Waals surface area contributed by atoms with Crippen LogP contribution in [0.25, 0.3) is 16.6 Å². The molecule has 0 fully saturated rings. The number of rotatable bonds is 7. The van der Waals surface area contributed by atoms with Crippen LogP contribution in [0.3, 0.4) is 0 Å². The smallest absolute Gasteiger partial charge is 0.159 e. The molecule has 2 N–H and O–H groups in total. The Morgan fingerprint density at radius 1 is 1.45 bits per heavy atom. The van der Waals surface area contributed by atoms with E-state index in [0.717, 1.165) is 23.3 Å². The van der Waals surface area contributed by atoms with Gasteiger partial charge in [0.2, 0.25) is 0 Å². The lowest BCUT2D eigenvalue weighted by molar-refractivity contribution is -0.114. The lowest BCUT2D eigenvalue weighted by Gasteiger charge is -2.14. The van der Waals surface area contributed by atoms with Gasteiger partial charge >= 0.3 is 0 Å². The summed E-state index contributed by atoms with van der Waals surface area (Å²) in [6, 6.07) is 6.30. The Morgan fingerprint density at radius 3 is 2.83 bits per heavy atom. The lowest BCUT2D eigenvalue weighted by atomic mass is 9.96. The number of nitrogens with one attached hydrogen (secondary N) is 1. The number of aliphatic hydroxyl groups is 1. The van der Waals surface area contributed by atoms with Crippen LogP contribution >= 0.6 is 0 Å². The number of carbonyl (C=O) groups excluding carboxylic acids is 1. The number of benzene rings is 1. The highest BCUT2D eigenvalue weighted by molar-refractivity contribution is 5.96. The fourth-order valence-electron chi connectivity index (χ4n) is 3.83. The van der Waals surface area contributed by atoms with Gasteiger partial charge in [-0.05, 0) is 56.5 Å². The van der Waals surface area contributed by atoms with E-state index in [1.807, 2.05) is 12.1 Å². The zero-order valence-electron chi connectivity index (χ0n) is 17.5. The molecule has 29 heavy (non-hydrogen) atoms. The number of carbonyl (C=O) groups is 1. The third-order valence-electron chi connectivity index (χ3n) is 5.29. The second kappa shape index (κ2) is 8.62. The minimum atomic E-state index is -0.825. The van der Waals surface area contributed by atoms with Crippen molar-refractivity contribution in [2.75, 3.05) is 6.61 Å². The van der Waals surface area contributed by atoms with Gasteiger partial charge in [0.15, 0.2) is 5.78 Å². The standard InChI is InChI=1S/C24H28N2O3/c1-6-17-19-10-14(3)8-9-22(19)26-24-20(17)12-25-23(24)11-18(15(4)27)21(16(5)28)13-29-7-2/h7-11,15,25,27H,2,6,12-13H2,1,3-5H3/b21-18+,23-11-. The van der Waals surface area contributed by atoms with Crippen LogP contribution in [0, 0.1) is 6.92 Å². The molecule has 0 radical (unpaired) electrons. The molecule has 152 valence electrons. The maximum absolute atomic E-state index is 12.2. The molecule has 0 saturated carbocycles. The summed E-state index contributed by atoms with van der Waals surface area (Å²) in [4.78, 5) is 17.1. The average Bonchev–Trinajstić information content (AvgIpc) is 3.07. The zero-order chi connectivity index (χ0) is 21.1. The number of hydrogen-bond donors (Lipinski definition) is 2. The molecule has 0 saturated heterocycles. The maximum atomic E-state index is 12.2. The van der Waals surface area contributed by atoms with Crippen LogP contribution < -0.4 is 5.32 Å². The van der Waals surface area contributed by atoms with Crippen molar-refractivity contribution in [3.8, 4) is 0 Å². The Kier molecular flexibility index (Phi) is 6.18. The largest absolute Gasteiger partial charge is 0.497 e. The van der Waals surface area contributed by atoms with Gasteiger partial charge in [-0.2, -0.15) is 0 Å². The van der Waals surface area contributed by atoms with Gasteiger partial charge in [0.1, 0.15) is 6.61 Å². The molecule has 0 spiro atoms. The highest BCUT2D eigenvalue weighted by Crippen LogP contribution is 2.33. The molecule has 1 atom stereocenters. The molecule has 1 aromatic carbocycles. The number of pyridine rings is 1. The van der Waals surface area contributed by atoms with Gasteiger partial charge in [-0.3, -0.25) is 4.79 Å². The van der Waals surface area contributed by atoms with Crippen LogP contribution in [0.15, 0.2) is 48.3 Å². The van der Waals surface area contributed by atoms with Crippen molar-refractivity contribution in [1.29, 1.82) is 0 Å². The van der Waals surface area contributed by atoms with Crippen molar-refractivity contribution in [2.24, 2.45) is 0 Å². The number of ketones is 1. The number of ether oxygens (including phenoxy) is 1. The number of aryl methyl sites for hydroxylation is 2. The van der Waals surface area contributed by atoms with Gasteiger partial charge in [-0.15, -0.1) is 0 Å². The first-order chi connectivity index (χ1) is 13.9. The van der Waals surface area contributed by atoms with Gasteiger partial charge in [0, 0.05) is 23.1 Å².